The molecule has 4 aromatic rings. The number of fused-ring (bicyclic) bond motifs is 1. The molecule has 0 fully saturated rings. The molecule has 0 spiro atoms. The molecule has 150 valence electrons. The number of nitrogens with zero attached hydrogens (tertiary/aromatic N) is 4. The van der Waals surface area contributed by atoms with E-state index in [1.165, 1.54) is 11.8 Å². The van der Waals surface area contributed by atoms with Gasteiger partial charge in [-0.3, -0.25) is 9.78 Å². The summed E-state index contributed by atoms with van der Waals surface area (Å²) in [5.74, 6) is 1.12. The van der Waals surface area contributed by atoms with Crippen LogP contribution in [-0.4, -0.2) is 27.3 Å². The van der Waals surface area contributed by atoms with Crippen molar-refractivity contribution in [1.82, 2.24) is 14.9 Å². The van der Waals surface area contributed by atoms with Crippen molar-refractivity contribution in [2.24, 2.45) is 0 Å². The van der Waals surface area contributed by atoms with Gasteiger partial charge in [0.15, 0.2) is 11.3 Å². The molecular weight excluding hydrogens is 400 g/mol. The van der Waals surface area contributed by atoms with Crippen molar-refractivity contribution in [2.45, 2.75) is 23.9 Å². The Kier molecular flexibility index (Phi) is 6.11. The lowest BCUT2D eigenvalue weighted by Gasteiger charge is -2.20. The Labute approximate surface area is 177 Å². The van der Waals surface area contributed by atoms with Gasteiger partial charge in [0.05, 0.1) is 18.2 Å². The van der Waals surface area contributed by atoms with E-state index in [9.17, 15) is 4.79 Å². The van der Waals surface area contributed by atoms with Crippen LogP contribution in [0.1, 0.15) is 28.3 Å². The summed E-state index contributed by atoms with van der Waals surface area (Å²) < 4.78 is 11.5. The van der Waals surface area contributed by atoms with E-state index in [-0.39, 0.29) is 18.1 Å². The number of oxazole rings is 1. The van der Waals surface area contributed by atoms with Crippen LogP contribution < -0.4 is 0 Å². The van der Waals surface area contributed by atoms with Gasteiger partial charge in [0, 0.05) is 25.5 Å². The van der Waals surface area contributed by atoms with Crippen molar-refractivity contribution < 1.29 is 13.6 Å². The summed E-state index contributed by atoms with van der Waals surface area (Å²) in [7, 11) is 0. The summed E-state index contributed by atoms with van der Waals surface area (Å²) in [4.78, 5) is 23.0. The van der Waals surface area contributed by atoms with Gasteiger partial charge in [-0.25, -0.2) is 4.98 Å². The molecule has 1 aromatic carbocycles. The number of carbonyl (C=O) groups is 1. The highest BCUT2D eigenvalue weighted by molar-refractivity contribution is 7.98. The molecule has 1 amide bonds. The van der Waals surface area contributed by atoms with Gasteiger partial charge in [-0.1, -0.05) is 30.0 Å². The van der Waals surface area contributed by atoms with Gasteiger partial charge < -0.3 is 13.7 Å². The Morgan fingerprint density at radius 3 is 2.83 bits per heavy atom. The third-order valence-corrected chi connectivity index (χ3v) is 5.21. The first kappa shape index (κ1) is 19.7. The number of carbonyl (C=O) groups excluding carboxylic acids is 1. The number of furan rings is 1. The van der Waals surface area contributed by atoms with Gasteiger partial charge in [0.25, 0.3) is 11.1 Å². The standard InChI is InChI=1S/C22H18N4O3S/c23-10-4-12-26(14-16-5-3-11-24-13-16)21(27)20-9-8-17(28-20)15-30-22-25-18-6-1-2-7-19(18)29-22/h1-3,5-9,11,13H,4,12,14-15H2. The molecule has 0 saturated carbocycles. The summed E-state index contributed by atoms with van der Waals surface area (Å²) in [5.41, 5.74) is 2.43. The molecule has 0 aliphatic rings. The number of benzene rings is 1. The number of para-hydroxylation sites is 2. The molecule has 0 atom stereocenters. The maximum atomic E-state index is 12.9. The fourth-order valence-electron chi connectivity index (χ4n) is 2.92. The van der Waals surface area contributed by atoms with E-state index < -0.39 is 0 Å². The van der Waals surface area contributed by atoms with Crippen molar-refractivity contribution >= 4 is 28.8 Å². The van der Waals surface area contributed by atoms with Crippen LogP contribution in [0, 0.1) is 11.3 Å². The number of pyridine rings is 1. The highest BCUT2D eigenvalue weighted by Crippen LogP contribution is 2.27. The molecule has 0 aliphatic heterocycles. The zero-order chi connectivity index (χ0) is 20.8. The van der Waals surface area contributed by atoms with E-state index in [1.807, 2.05) is 36.4 Å². The normalized spacial score (nSPS) is 10.8. The molecule has 0 N–H and O–H groups in total. The molecule has 4 rings (SSSR count). The molecule has 0 aliphatic carbocycles. The van der Waals surface area contributed by atoms with E-state index in [0.717, 1.165) is 16.7 Å². The Morgan fingerprint density at radius 1 is 1.13 bits per heavy atom. The van der Waals surface area contributed by atoms with Crippen LogP contribution in [0.3, 0.4) is 0 Å². The molecule has 0 radical (unpaired) electrons. The number of aromatic nitrogens is 2. The third kappa shape index (κ3) is 4.70. The summed E-state index contributed by atoms with van der Waals surface area (Å²) in [5, 5.41) is 9.48. The van der Waals surface area contributed by atoms with Crippen molar-refractivity contribution in [1.29, 1.82) is 5.26 Å². The SMILES string of the molecule is N#CCCN(Cc1cccnc1)C(=O)c1ccc(CSc2nc3ccccc3o2)o1. The molecule has 3 aromatic heterocycles. The highest BCUT2D eigenvalue weighted by atomic mass is 32.2. The summed E-state index contributed by atoms with van der Waals surface area (Å²) >= 11 is 1.40. The van der Waals surface area contributed by atoms with Crippen LogP contribution in [0.4, 0.5) is 0 Å². The molecule has 0 saturated heterocycles. The Balaban J connectivity index is 1.42. The average molecular weight is 418 g/mol. The summed E-state index contributed by atoms with van der Waals surface area (Å²) in [6, 6.07) is 16.8. The van der Waals surface area contributed by atoms with E-state index in [0.29, 0.717) is 29.8 Å². The number of hydrogen-bond acceptors (Lipinski definition) is 7. The average Bonchev–Trinajstić information content (AvgIpc) is 3.42. The minimum absolute atomic E-state index is 0.241. The number of thioether (sulfide) groups is 1. The fraction of sp³-hybridized carbons (Fsp3) is 0.182. The molecule has 0 unspecified atom stereocenters. The monoisotopic (exact) mass is 418 g/mol. The van der Waals surface area contributed by atoms with Crippen LogP contribution >= 0.6 is 11.8 Å². The molecule has 3 heterocycles. The third-order valence-electron chi connectivity index (χ3n) is 4.36. The number of hydrogen-bond donors (Lipinski definition) is 0. The van der Waals surface area contributed by atoms with Gasteiger partial charge in [0.2, 0.25) is 0 Å². The molecular formula is C22H18N4O3S. The largest absolute Gasteiger partial charge is 0.455 e. The van der Waals surface area contributed by atoms with Crippen LogP contribution in [0.25, 0.3) is 11.1 Å². The second-order valence-corrected chi connectivity index (χ2v) is 7.42. The zero-order valence-corrected chi connectivity index (χ0v) is 16.8. The van der Waals surface area contributed by atoms with Crippen LogP contribution in [0.2, 0.25) is 0 Å². The molecule has 7 nitrogen and oxygen atoms in total. The quantitative estimate of drug-likeness (QED) is 0.384. The summed E-state index contributed by atoms with van der Waals surface area (Å²) in [6.45, 7) is 0.681. The van der Waals surface area contributed by atoms with E-state index >= 15 is 0 Å². The van der Waals surface area contributed by atoms with Crippen LogP contribution in [-0.2, 0) is 12.3 Å². The Bertz CT molecular complexity index is 1150. The number of rotatable bonds is 8. The topological polar surface area (TPSA) is 96.2 Å². The first-order valence-corrected chi connectivity index (χ1v) is 10.3. The van der Waals surface area contributed by atoms with Crippen molar-refractivity contribution in [2.75, 3.05) is 6.54 Å². The lowest BCUT2D eigenvalue weighted by molar-refractivity contribution is 0.0713. The second-order valence-electron chi connectivity index (χ2n) is 6.50. The van der Waals surface area contributed by atoms with E-state index in [4.69, 9.17) is 14.1 Å². The Morgan fingerprint density at radius 2 is 2.03 bits per heavy atom. The smallest absolute Gasteiger partial charge is 0.289 e. The maximum Gasteiger partial charge on any atom is 0.289 e. The predicted octanol–water partition coefficient (Wildman–Crippen LogP) is 4.66. The number of amides is 1. The van der Waals surface area contributed by atoms with Crippen LogP contribution in [0.15, 0.2) is 75.0 Å². The van der Waals surface area contributed by atoms with E-state index in [1.54, 1.807) is 29.4 Å². The molecule has 8 heteroatoms. The first-order chi connectivity index (χ1) is 14.7. The second kappa shape index (κ2) is 9.29. The van der Waals surface area contributed by atoms with Crippen molar-refractivity contribution in [3.8, 4) is 6.07 Å². The fourth-order valence-corrected chi connectivity index (χ4v) is 3.65. The zero-order valence-electron chi connectivity index (χ0n) is 16.0. The minimum Gasteiger partial charge on any atom is -0.455 e. The van der Waals surface area contributed by atoms with Gasteiger partial charge in [0.1, 0.15) is 11.3 Å². The predicted molar refractivity (Wildman–Crippen MR) is 111 cm³/mol. The lowest BCUT2D eigenvalue weighted by Crippen LogP contribution is -2.31. The van der Waals surface area contributed by atoms with Gasteiger partial charge in [-0.2, -0.15) is 5.26 Å². The number of nitriles is 1. The maximum absolute atomic E-state index is 12.9. The highest BCUT2D eigenvalue weighted by Gasteiger charge is 2.20. The lowest BCUT2D eigenvalue weighted by atomic mass is 10.2. The van der Waals surface area contributed by atoms with Gasteiger partial charge in [-0.05, 0) is 35.9 Å². The minimum atomic E-state index is -0.257. The first-order valence-electron chi connectivity index (χ1n) is 9.35. The summed E-state index contributed by atoms with van der Waals surface area (Å²) in [6.07, 6.45) is 3.63. The van der Waals surface area contributed by atoms with Crippen molar-refractivity contribution in [3.05, 3.63) is 78.0 Å². The van der Waals surface area contributed by atoms with E-state index in [2.05, 4.69) is 16.0 Å². The van der Waals surface area contributed by atoms with Crippen LogP contribution in [0.5, 0.6) is 0 Å². The molecule has 30 heavy (non-hydrogen) atoms. The van der Waals surface area contributed by atoms with Crippen molar-refractivity contribution in [3.63, 3.8) is 0 Å². The Hall–Kier alpha value is -3.57. The molecule has 0 bridgehead atoms. The van der Waals surface area contributed by atoms with Gasteiger partial charge >= 0.3 is 0 Å². The van der Waals surface area contributed by atoms with Gasteiger partial charge in [-0.15, -0.1) is 0 Å².